The summed E-state index contributed by atoms with van der Waals surface area (Å²) in [5.74, 6) is -3.89. The van der Waals surface area contributed by atoms with Crippen molar-refractivity contribution in [2.45, 2.75) is 4.90 Å². The quantitative estimate of drug-likeness (QED) is 0.539. The number of hydrogen-bond donors (Lipinski definition) is 3. The van der Waals surface area contributed by atoms with Crippen LogP contribution in [-0.4, -0.2) is 58.4 Å². The Morgan fingerprint density at radius 2 is 1.71 bits per heavy atom. The first-order valence-corrected chi connectivity index (χ1v) is 6.89. The molecule has 0 aromatic carbocycles. The molecule has 0 aliphatic heterocycles. The molecule has 0 aliphatic rings. The van der Waals surface area contributed by atoms with Gasteiger partial charge >= 0.3 is 11.9 Å². The van der Waals surface area contributed by atoms with Crippen molar-refractivity contribution in [3.63, 3.8) is 0 Å². The number of rotatable bonds is 7. The average molecular weight is 319 g/mol. The van der Waals surface area contributed by atoms with E-state index < -0.39 is 45.9 Å². The SMILES string of the molecule is Cn1cc(S(=O)(=O)N(CC(=O)O)CC(=O)O)cc1C(N)=O. The largest absolute Gasteiger partial charge is 0.480 e. The summed E-state index contributed by atoms with van der Waals surface area (Å²) < 4.78 is 25.9. The average Bonchev–Trinajstić information content (AvgIpc) is 2.70. The smallest absolute Gasteiger partial charge is 0.318 e. The maximum atomic E-state index is 12.2. The normalized spacial score (nSPS) is 11.5. The minimum atomic E-state index is -4.38. The molecule has 1 heterocycles. The molecule has 0 fully saturated rings. The third-order valence-electron chi connectivity index (χ3n) is 2.49. The van der Waals surface area contributed by atoms with Crippen molar-refractivity contribution < 1.29 is 33.0 Å². The molecular weight excluding hydrogens is 306 g/mol. The van der Waals surface area contributed by atoms with Gasteiger partial charge in [0.2, 0.25) is 10.0 Å². The van der Waals surface area contributed by atoms with Gasteiger partial charge in [-0.15, -0.1) is 0 Å². The zero-order chi connectivity index (χ0) is 16.4. The monoisotopic (exact) mass is 319 g/mol. The van der Waals surface area contributed by atoms with Crippen LogP contribution < -0.4 is 5.73 Å². The van der Waals surface area contributed by atoms with Gasteiger partial charge in [-0.1, -0.05) is 0 Å². The maximum absolute atomic E-state index is 12.2. The molecule has 0 bridgehead atoms. The van der Waals surface area contributed by atoms with E-state index in [1.165, 1.54) is 7.05 Å². The van der Waals surface area contributed by atoms with Gasteiger partial charge in [0.1, 0.15) is 23.7 Å². The molecular formula is C10H13N3O7S. The van der Waals surface area contributed by atoms with Crippen LogP contribution in [0.5, 0.6) is 0 Å². The lowest BCUT2D eigenvalue weighted by molar-refractivity contribution is -0.139. The van der Waals surface area contributed by atoms with Crippen LogP contribution in [0.25, 0.3) is 0 Å². The summed E-state index contributed by atoms with van der Waals surface area (Å²) >= 11 is 0. The molecule has 0 aliphatic carbocycles. The Kier molecular flexibility index (Phi) is 4.70. The molecule has 1 amide bonds. The van der Waals surface area contributed by atoms with E-state index in [1.807, 2.05) is 0 Å². The van der Waals surface area contributed by atoms with Crippen LogP contribution in [0.15, 0.2) is 17.2 Å². The van der Waals surface area contributed by atoms with Gasteiger partial charge in [0.25, 0.3) is 5.91 Å². The van der Waals surface area contributed by atoms with Gasteiger partial charge < -0.3 is 20.5 Å². The van der Waals surface area contributed by atoms with Crippen LogP contribution in [0.4, 0.5) is 0 Å². The van der Waals surface area contributed by atoms with Crippen molar-refractivity contribution >= 4 is 27.9 Å². The Morgan fingerprint density at radius 1 is 1.24 bits per heavy atom. The van der Waals surface area contributed by atoms with E-state index in [2.05, 4.69) is 0 Å². The first kappa shape index (κ1) is 16.7. The van der Waals surface area contributed by atoms with Crippen molar-refractivity contribution in [3.8, 4) is 0 Å². The highest BCUT2D eigenvalue weighted by Crippen LogP contribution is 2.18. The Bertz CT molecular complexity index is 676. The third kappa shape index (κ3) is 3.79. The first-order valence-electron chi connectivity index (χ1n) is 5.45. The van der Waals surface area contributed by atoms with Crippen LogP contribution in [0.2, 0.25) is 0 Å². The summed E-state index contributed by atoms with van der Waals surface area (Å²) in [5, 5.41) is 17.4. The zero-order valence-electron chi connectivity index (χ0n) is 10.9. The number of carbonyl (C=O) groups is 3. The number of carbonyl (C=O) groups excluding carboxylic acids is 1. The van der Waals surface area contributed by atoms with E-state index in [0.29, 0.717) is 0 Å². The molecule has 11 heteroatoms. The van der Waals surface area contributed by atoms with Crippen LogP contribution >= 0.6 is 0 Å². The highest BCUT2D eigenvalue weighted by atomic mass is 32.2. The summed E-state index contributed by atoms with van der Waals surface area (Å²) in [6.07, 6.45) is 1.05. The predicted octanol–water partition coefficient (Wildman–Crippen LogP) is -1.72. The number of amides is 1. The second-order valence-electron chi connectivity index (χ2n) is 4.10. The number of primary amides is 1. The highest BCUT2D eigenvalue weighted by Gasteiger charge is 2.30. The van der Waals surface area contributed by atoms with E-state index >= 15 is 0 Å². The van der Waals surface area contributed by atoms with Gasteiger partial charge in [0.15, 0.2) is 0 Å². The number of hydrogen-bond acceptors (Lipinski definition) is 5. The topological polar surface area (TPSA) is 160 Å². The second-order valence-corrected chi connectivity index (χ2v) is 6.03. The lowest BCUT2D eigenvalue weighted by atomic mass is 10.4. The van der Waals surface area contributed by atoms with Gasteiger partial charge in [0.05, 0.1) is 0 Å². The summed E-state index contributed by atoms with van der Waals surface area (Å²) in [6.45, 7) is -2.04. The summed E-state index contributed by atoms with van der Waals surface area (Å²) in [5.41, 5.74) is 4.94. The fourth-order valence-corrected chi connectivity index (χ4v) is 3.01. The molecule has 10 nitrogen and oxygen atoms in total. The Morgan fingerprint density at radius 3 is 2.05 bits per heavy atom. The molecule has 1 aromatic rings. The van der Waals surface area contributed by atoms with Crippen LogP contribution in [0.3, 0.4) is 0 Å². The van der Waals surface area contributed by atoms with Crippen LogP contribution in [0, 0.1) is 0 Å². The van der Waals surface area contributed by atoms with Crippen LogP contribution in [0.1, 0.15) is 10.5 Å². The first-order chi connectivity index (χ1) is 9.55. The van der Waals surface area contributed by atoms with E-state index in [4.69, 9.17) is 15.9 Å². The fourth-order valence-electron chi connectivity index (χ4n) is 1.60. The molecule has 0 spiro atoms. The number of aryl methyl sites for hydroxylation is 1. The second kappa shape index (κ2) is 5.93. The standard InChI is InChI=1S/C10H13N3O7S/c1-12-3-6(2-7(12)10(11)18)21(19,20)13(4-8(14)15)5-9(16)17/h2-3H,4-5H2,1H3,(H2,11,18)(H,14,15)(H,16,17). The minimum Gasteiger partial charge on any atom is -0.480 e. The molecule has 0 saturated carbocycles. The number of aliphatic carboxylic acids is 2. The van der Waals surface area contributed by atoms with Gasteiger partial charge in [0, 0.05) is 13.2 Å². The molecule has 1 rings (SSSR count). The highest BCUT2D eigenvalue weighted by molar-refractivity contribution is 7.89. The fraction of sp³-hybridized carbons (Fsp3) is 0.300. The number of nitrogens with two attached hydrogens (primary N) is 1. The van der Waals surface area contributed by atoms with E-state index in [1.54, 1.807) is 0 Å². The Hall–Kier alpha value is -2.40. The molecule has 21 heavy (non-hydrogen) atoms. The maximum Gasteiger partial charge on any atom is 0.318 e. The number of aromatic nitrogens is 1. The zero-order valence-corrected chi connectivity index (χ0v) is 11.7. The van der Waals surface area contributed by atoms with Crippen molar-refractivity contribution in [2.75, 3.05) is 13.1 Å². The van der Waals surface area contributed by atoms with E-state index in [0.717, 1.165) is 16.8 Å². The Balaban J connectivity index is 3.28. The molecule has 0 saturated heterocycles. The van der Waals surface area contributed by atoms with Crippen molar-refractivity contribution in [1.29, 1.82) is 0 Å². The predicted molar refractivity (Wildman–Crippen MR) is 68.0 cm³/mol. The minimum absolute atomic E-state index is 0.112. The van der Waals surface area contributed by atoms with Crippen molar-refractivity contribution in [3.05, 3.63) is 18.0 Å². The molecule has 0 radical (unpaired) electrons. The summed E-state index contributed by atoms with van der Waals surface area (Å²) in [7, 11) is -3.01. The molecule has 0 unspecified atom stereocenters. The molecule has 0 atom stereocenters. The summed E-state index contributed by atoms with van der Waals surface area (Å²) in [4.78, 5) is 32.0. The lowest BCUT2D eigenvalue weighted by Crippen LogP contribution is -2.39. The molecule has 1 aromatic heterocycles. The Labute approximate surface area is 119 Å². The number of nitrogens with zero attached hydrogens (tertiary/aromatic N) is 2. The van der Waals surface area contributed by atoms with E-state index in [9.17, 15) is 22.8 Å². The summed E-state index contributed by atoms with van der Waals surface area (Å²) in [6, 6.07) is 0.953. The van der Waals surface area contributed by atoms with Crippen molar-refractivity contribution in [1.82, 2.24) is 8.87 Å². The van der Waals surface area contributed by atoms with Crippen molar-refractivity contribution in [2.24, 2.45) is 12.8 Å². The van der Waals surface area contributed by atoms with Gasteiger partial charge in [-0.25, -0.2) is 8.42 Å². The number of carboxylic acid groups (broad SMARTS) is 2. The van der Waals surface area contributed by atoms with Gasteiger partial charge in [-0.2, -0.15) is 4.31 Å². The number of carboxylic acids is 2. The van der Waals surface area contributed by atoms with E-state index in [-0.39, 0.29) is 10.00 Å². The van der Waals surface area contributed by atoms with Gasteiger partial charge in [-0.3, -0.25) is 14.4 Å². The molecule has 116 valence electrons. The molecule has 4 N–H and O–H groups in total. The van der Waals surface area contributed by atoms with Gasteiger partial charge in [-0.05, 0) is 6.07 Å². The van der Waals surface area contributed by atoms with Crippen LogP contribution in [-0.2, 0) is 26.7 Å². The number of sulfonamides is 1. The lowest BCUT2D eigenvalue weighted by Gasteiger charge is -2.17. The third-order valence-corrected chi connectivity index (χ3v) is 4.25.